The second-order valence-corrected chi connectivity index (χ2v) is 5.85. The molecule has 1 aromatic carbocycles. The highest BCUT2D eigenvalue weighted by molar-refractivity contribution is 9.10. The second kappa shape index (κ2) is 5.09. The van der Waals surface area contributed by atoms with Crippen molar-refractivity contribution >= 4 is 32.9 Å². The third-order valence-corrected chi connectivity index (χ3v) is 4.54. The Labute approximate surface area is 123 Å². The van der Waals surface area contributed by atoms with E-state index in [-0.39, 0.29) is 12.6 Å². The Hall–Kier alpha value is -1.56. The van der Waals surface area contributed by atoms with Crippen LogP contribution in [0.25, 0.3) is 10.9 Å². The fourth-order valence-corrected chi connectivity index (χ4v) is 3.31. The van der Waals surface area contributed by atoms with Gasteiger partial charge in [0.2, 0.25) is 0 Å². The molecule has 0 unspecified atom stereocenters. The fraction of sp³-hybridized carbons (Fsp3) is 0.357. The Bertz CT molecular complexity index is 658. The number of amides is 1. The zero-order chi connectivity index (χ0) is 14.3. The Balaban J connectivity index is 1.92. The molecule has 6 heteroatoms. The van der Waals surface area contributed by atoms with Gasteiger partial charge in [0.15, 0.2) is 0 Å². The van der Waals surface area contributed by atoms with Gasteiger partial charge in [-0.05, 0) is 24.6 Å². The third kappa shape index (κ3) is 2.18. The van der Waals surface area contributed by atoms with Crippen molar-refractivity contribution in [2.45, 2.75) is 18.6 Å². The highest BCUT2D eigenvalue weighted by Crippen LogP contribution is 2.32. The van der Waals surface area contributed by atoms with Gasteiger partial charge in [-0.3, -0.25) is 0 Å². The average molecular weight is 341 g/mol. The minimum Gasteiger partial charge on any atom is -0.465 e. The molecule has 1 aromatic heterocycles. The monoisotopic (exact) mass is 340 g/mol. The van der Waals surface area contributed by atoms with Crippen molar-refractivity contribution in [3.8, 4) is 0 Å². The topological polar surface area (TPSA) is 45.5 Å². The first-order chi connectivity index (χ1) is 9.58. The number of nitrogens with zero attached hydrogens (tertiary/aromatic N) is 2. The van der Waals surface area contributed by atoms with Crippen molar-refractivity contribution in [1.29, 1.82) is 0 Å². The van der Waals surface area contributed by atoms with Crippen LogP contribution in [0.15, 0.2) is 34.9 Å². The van der Waals surface area contributed by atoms with Crippen LogP contribution in [0.1, 0.15) is 12.5 Å². The molecule has 1 amide bonds. The van der Waals surface area contributed by atoms with E-state index in [4.69, 9.17) is 5.11 Å². The lowest BCUT2D eigenvalue weighted by Gasteiger charge is -2.34. The number of aromatic nitrogens is 1. The lowest BCUT2D eigenvalue weighted by molar-refractivity contribution is 0.0807. The summed E-state index contributed by atoms with van der Waals surface area (Å²) in [5.74, 6) is 0. The van der Waals surface area contributed by atoms with Crippen LogP contribution < -0.4 is 0 Å². The second-order valence-electron chi connectivity index (χ2n) is 5.00. The van der Waals surface area contributed by atoms with E-state index in [1.807, 2.05) is 35.0 Å². The van der Waals surface area contributed by atoms with Gasteiger partial charge in [0.25, 0.3) is 0 Å². The smallest absolute Gasteiger partial charge is 0.407 e. The number of piperidine rings is 1. The summed E-state index contributed by atoms with van der Waals surface area (Å²) in [6.07, 6.45) is 0.132. The minimum absolute atomic E-state index is 0.0618. The molecule has 106 valence electrons. The molecule has 1 aliphatic rings. The first-order valence-corrected chi connectivity index (χ1v) is 7.24. The number of likely N-dealkylation sites (tertiary alicyclic amines) is 1. The molecule has 0 bridgehead atoms. The number of hydrogen-bond donors (Lipinski definition) is 1. The van der Waals surface area contributed by atoms with Crippen molar-refractivity contribution < 1.29 is 14.3 Å². The molecule has 0 aliphatic carbocycles. The normalized spacial score (nSPS) is 23.2. The number of benzene rings is 1. The fourth-order valence-electron chi connectivity index (χ4n) is 2.82. The van der Waals surface area contributed by atoms with Crippen molar-refractivity contribution in [2.24, 2.45) is 0 Å². The van der Waals surface area contributed by atoms with Gasteiger partial charge in [-0.1, -0.05) is 22.0 Å². The molecule has 3 rings (SSSR count). The van der Waals surface area contributed by atoms with E-state index >= 15 is 0 Å². The molecule has 1 fully saturated rings. The zero-order valence-electron chi connectivity index (χ0n) is 10.7. The molecule has 0 radical (unpaired) electrons. The summed E-state index contributed by atoms with van der Waals surface area (Å²) < 4.78 is 17.2. The van der Waals surface area contributed by atoms with Crippen LogP contribution in [0.2, 0.25) is 0 Å². The van der Waals surface area contributed by atoms with Gasteiger partial charge in [0.1, 0.15) is 6.17 Å². The predicted octanol–water partition coefficient (Wildman–Crippen LogP) is 3.67. The summed E-state index contributed by atoms with van der Waals surface area (Å²) in [4.78, 5) is 12.0. The number of rotatable bonds is 1. The molecule has 0 spiro atoms. The maximum absolute atomic E-state index is 14.3. The molecule has 2 aromatic rings. The van der Waals surface area contributed by atoms with Gasteiger partial charge >= 0.3 is 6.09 Å². The van der Waals surface area contributed by atoms with Crippen LogP contribution in [0.3, 0.4) is 0 Å². The van der Waals surface area contributed by atoms with Crippen LogP contribution in [0, 0.1) is 0 Å². The number of alkyl halides is 1. The standard InChI is InChI=1S/C14H14BrFN2O2/c15-10-2-1-3-12-9(10)4-7-18(12)13-5-6-17(14(19)20)8-11(13)16/h1-4,7,11,13H,5-6,8H2,(H,19,20)/t11-,13+/m1/s1. The summed E-state index contributed by atoms with van der Waals surface area (Å²) in [7, 11) is 0. The van der Waals surface area contributed by atoms with Gasteiger partial charge in [0, 0.05) is 28.1 Å². The van der Waals surface area contributed by atoms with Gasteiger partial charge < -0.3 is 14.6 Å². The molecular formula is C14H14BrFN2O2. The van der Waals surface area contributed by atoms with E-state index in [0.29, 0.717) is 13.0 Å². The van der Waals surface area contributed by atoms with Crippen molar-refractivity contribution in [3.63, 3.8) is 0 Å². The van der Waals surface area contributed by atoms with Gasteiger partial charge in [-0.15, -0.1) is 0 Å². The number of fused-ring (bicyclic) bond motifs is 1. The number of carbonyl (C=O) groups is 1. The molecule has 1 N–H and O–H groups in total. The summed E-state index contributed by atoms with van der Waals surface area (Å²) in [6, 6.07) is 7.47. The molecule has 2 atom stereocenters. The first kappa shape index (κ1) is 13.4. The molecule has 20 heavy (non-hydrogen) atoms. The largest absolute Gasteiger partial charge is 0.465 e. The van der Waals surface area contributed by atoms with Crippen LogP contribution in [-0.4, -0.2) is 39.9 Å². The van der Waals surface area contributed by atoms with Crippen molar-refractivity contribution in [1.82, 2.24) is 9.47 Å². The molecule has 1 aliphatic heterocycles. The Morgan fingerprint density at radius 1 is 1.40 bits per heavy atom. The molecule has 0 saturated carbocycles. The Morgan fingerprint density at radius 3 is 2.90 bits per heavy atom. The van der Waals surface area contributed by atoms with E-state index < -0.39 is 12.3 Å². The van der Waals surface area contributed by atoms with Gasteiger partial charge in [0.05, 0.1) is 12.6 Å². The number of hydrogen-bond acceptors (Lipinski definition) is 1. The van der Waals surface area contributed by atoms with E-state index in [1.165, 1.54) is 0 Å². The average Bonchev–Trinajstić information content (AvgIpc) is 2.84. The Kier molecular flexibility index (Phi) is 3.41. The lowest BCUT2D eigenvalue weighted by atomic mass is 10.0. The van der Waals surface area contributed by atoms with Crippen LogP contribution in [-0.2, 0) is 0 Å². The summed E-state index contributed by atoms with van der Waals surface area (Å²) in [6.45, 7) is 0.307. The Morgan fingerprint density at radius 2 is 2.20 bits per heavy atom. The maximum atomic E-state index is 14.3. The summed E-state index contributed by atoms with van der Waals surface area (Å²) in [5.41, 5.74) is 0.968. The summed E-state index contributed by atoms with van der Waals surface area (Å²) in [5, 5.41) is 9.97. The number of carboxylic acid groups (broad SMARTS) is 1. The van der Waals surface area contributed by atoms with E-state index in [9.17, 15) is 9.18 Å². The van der Waals surface area contributed by atoms with Crippen LogP contribution in [0.4, 0.5) is 9.18 Å². The quantitative estimate of drug-likeness (QED) is 0.860. The molecule has 1 saturated heterocycles. The maximum Gasteiger partial charge on any atom is 0.407 e. The highest BCUT2D eigenvalue weighted by atomic mass is 79.9. The van der Waals surface area contributed by atoms with Crippen LogP contribution in [0.5, 0.6) is 0 Å². The van der Waals surface area contributed by atoms with E-state index in [2.05, 4.69) is 15.9 Å². The van der Waals surface area contributed by atoms with Gasteiger partial charge in [-0.2, -0.15) is 0 Å². The van der Waals surface area contributed by atoms with Crippen molar-refractivity contribution in [2.75, 3.05) is 13.1 Å². The molecule has 2 heterocycles. The van der Waals surface area contributed by atoms with Crippen molar-refractivity contribution in [3.05, 3.63) is 34.9 Å². The zero-order valence-corrected chi connectivity index (χ0v) is 12.3. The SMILES string of the molecule is O=C(O)N1CC[C@H](n2ccc3c(Br)cccc32)[C@H](F)C1. The van der Waals surface area contributed by atoms with Crippen LogP contribution >= 0.6 is 15.9 Å². The van der Waals surface area contributed by atoms with E-state index in [1.54, 1.807) is 0 Å². The van der Waals surface area contributed by atoms with E-state index in [0.717, 1.165) is 20.3 Å². The molecule has 4 nitrogen and oxygen atoms in total. The predicted molar refractivity (Wildman–Crippen MR) is 77.8 cm³/mol. The minimum atomic E-state index is -1.19. The lowest BCUT2D eigenvalue weighted by Crippen LogP contribution is -2.44. The number of halogens is 2. The highest BCUT2D eigenvalue weighted by Gasteiger charge is 2.32. The van der Waals surface area contributed by atoms with Gasteiger partial charge in [-0.25, -0.2) is 9.18 Å². The molecular weight excluding hydrogens is 327 g/mol. The first-order valence-electron chi connectivity index (χ1n) is 6.45. The third-order valence-electron chi connectivity index (χ3n) is 3.84. The summed E-state index contributed by atoms with van der Waals surface area (Å²) >= 11 is 3.48.